The average molecular weight is 230 g/mol. The van der Waals surface area contributed by atoms with E-state index >= 15 is 0 Å². The first-order valence-electron chi connectivity index (χ1n) is 4.02. The molecular weight excluding hydrogens is 218 g/mol. The molecule has 0 aromatic carbocycles. The van der Waals surface area contributed by atoms with Gasteiger partial charge in [-0.2, -0.15) is 0 Å². The molecule has 0 amide bonds. The Bertz CT molecular complexity index is 262. The van der Waals surface area contributed by atoms with Crippen LogP contribution in [0.25, 0.3) is 0 Å². The highest BCUT2D eigenvalue weighted by atomic mass is 79.9. The third-order valence-electron chi connectivity index (χ3n) is 1.54. The minimum absolute atomic E-state index is 0.874. The molecule has 1 aromatic rings. The van der Waals surface area contributed by atoms with Gasteiger partial charge >= 0.3 is 0 Å². The Balaban J connectivity index is 2.97. The smallest absolute Gasteiger partial charge is 0.144 e. The van der Waals surface area contributed by atoms with Gasteiger partial charge in [0.15, 0.2) is 0 Å². The van der Waals surface area contributed by atoms with Crippen LogP contribution in [-0.4, -0.2) is 16.5 Å². The number of nitrogens with one attached hydrogen (secondary N) is 1. The van der Waals surface area contributed by atoms with Crippen molar-refractivity contribution in [3.8, 4) is 0 Å². The maximum absolute atomic E-state index is 4.14. The van der Waals surface area contributed by atoms with E-state index in [1.165, 1.54) is 0 Å². The molecule has 0 bridgehead atoms. The topological polar surface area (TPSA) is 37.8 Å². The van der Waals surface area contributed by atoms with Gasteiger partial charge in [-0.15, -0.1) is 0 Å². The number of hydrogen-bond acceptors (Lipinski definition) is 3. The third kappa shape index (κ3) is 1.94. The van der Waals surface area contributed by atoms with Crippen molar-refractivity contribution in [2.24, 2.45) is 0 Å². The van der Waals surface area contributed by atoms with Crippen LogP contribution in [0.2, 0.25) is 0 Å². The lowest BCUT2D eigenvalue weighted by atomic mass is 10.3. The summed E-state index contributed by atoms with van der Waals surface area (Å²) < 4.78 is 0.981. The van der Waals surface area contributed by atoms with E-state index in [-0.39, 0.29) is 0 Å². The molecule has 1 rings (SSSR count). The molecular formula is C8H12BrN3. The zero-order chi connectivity index (χ0) is 8.97. The van der Waals surface area contributed by atoms with E-state index in [9.17, 15) is 0 Å². The van der Waals surface area contributed by atoms with Crippen molar-refractivity contribution in [1.29, 1.82) is 0 Å². The SMILES string of the molecule is CCNc1ncnc(CC)c1Br. The lowest BCUT2D eigenvalue weighted by Crippen LogP contribution is -2.02. The second-order valence-electron chi connectivity index (χ2n) is 2.37. The molecule has 1 aromatic heterocycles. The zero-order valence-corrected chi connectivity index (χ0v) is 8.85. The molecule has 0 radical (unpaired) electrons. The molecule has 0 aliphatic heterocycles. The number of aryl methyl sites for hydroxylation is 1. The number of rotatable bonds is 3. The van der Waals surface area contributed by atoms with Crippen LogP contribution in [0.3, 0.4) is 0 Å². The molecule has 12 heavy (non-hydrogen) atoms. The van der Waals surface area contributed by atoms with E-state index in [1.54, 1.807) is 6.33 Å². The highest BCUT2D eigenvalue weighted by molar-refractivity contribution is 9.10. The molecule has 0 fully saturated rings. The maximum Gasteiger partial charge on any atom is 0.144 e. The fourth-order valence-corrected chi connectivity index (χ4v) is 1.57. The predicted octanol–water partition coefficient (Wildman–Crippen LogP) is 2.23. The fourth-order valence-electron chi connectivity index (χ4n) is 0.943. The van der Waals surface area contributed by atoms with E-state index < -0.39 is 0 Å². The van der Waals surface area contributed by atoms with Gasteiger partial charge in [0.05, 0.1) is 10.2 Å². The Labute approximate surface area is 80.7 Å². The summed E-state index contributed by atoms with van der Waals surface area (Å²) in [6.45, 7) is 4.99. The van der Waals surface area contributed by atoms with Gasteiger partial charge in [-0.05, 0) is 29.3 Å². The number of halogens is 1. The molecule has 0 saturated heterocycles. The Hall–Kier alpha value is -0.640. The van der Waals surface area contributed by atoms with Gasteiger partial charge in [-0.3, -0.25) is 0 Å². The molecule has 0 unspecified atom stereocenters. The number of hydrogen-bond donors (Lipinski definition) is 1. The van der Waals surface area contributed by atoms with Crippen LogP contribution < -0.4 is 5.32 Å². The van der Waals surface area contributed by atoms with E-state index in [2.05, 4.69) is 38.1 Å². The van der Waals surface area contributed by atoms with Crippen LogP contribution in [0.5, 0.6) is 0 Å². The largest absolute Gasteiger partial charge is 0.369 e. The molecule has 1 heterocycles. The highest BCUT2D eigenvalue weighted by Gasteiger charge is 2.04. The molecule has 0 aliphatic carbocycles. The lowest BCUT2D eigenvalue weighted by Gasteiger charge is -2.06. The molecule has 66 valence electrons. The first-order valence-corrected chi connectivity index (χ1v) is 4.82. The highest BCUT2D eigenvalue weighted by Crippen LogP contribution is 2.22. The Morgan fingerprint density at radius 3 is 2.75 bits per heavy atom. The standard InChI is InChI=1S/C8H12BrN3/c1-3-6-7(9)8(10-4-2)12-5-11-6/h5H,3-4H2,1-2H3,(H,10,11,12). The lowest BCUT2D eigenvalue weighted by molar-refractivity contribution is 0.977. The first kappa shape index (κ1) is 9.45. The van der Waals surface area contributed by atoms with E-state index in [0.717, 1.165) is 29.0 Å². The zero-order valence-electron chi connectivity index (χ0n) is 7.26. The van der Waals surface area contributed by atoms with E-state index in [0.29, 0.717) is 0 Å². The third-order valence-corrected chi connectivity index (χ3v) is 2.37. The van der Waals surface area contributed by atoms with Crippen LogP contribution in [0.1, 0.15) is 19.5 Å². The summed E-state index contributed by atoms with van der Waals surface area (Å²) in [5, 5.41) is 3.15. The Kier molecular flexibility index (Phi) is 3.47. The number of nitrogens with zero attached hydrogens (tertiary/aromatic N) is 2. The normalized spacial score (nSPS) is 9.92. The fraction of sp³-hybridized carbons (Fsp3) is 0.500. The van der Waals surface area contributed by atoms with Crippen molar-refractivity contribution < 1.29 is 0 Å². The Morgan fingerprint density at radius 2 is 2.17 bits per heavy atom. The summed E-state index contributed by atoms with van der Waals surface area (Å²) in [7, 11) is 0. The average Bonchev–Trinajstić information content (AvgIpc) is 2.09. The van der Waals surface area contributed by atoms with Crippen molar-refractivity contribution in [2.75, 3.05) is 11.9 Å². The monoisotopic (exact) mass is 229 g/mol. The minimum atomic E-state index is 0.874. The maximum atomic E-state index is 4.14. The van der Waals surface area contributed by atoms with Gasteiger partial charge in [0.1, 0.15) is 12.1 Å². The van der Waals surface area contributed by atoms with Gasteiger partial charge in [-0.1, -0.05) is 6.92 Å². The summed E-state index contributed by atoms with van der Waals surface area (Å²) >= 11 is 3.45. The Morgan fingerprint density at radius 1 is 1.42 bits per heavy atom. The second-order valence-corrected chi connectivity index (χ2v) is 3.16. The van der Waals surface area contributed by atoms with Crippen LogP contribution in [0, 0.1) is 0 Å². The summed E-state index contributed by atoms with van der Waals surface area (Å²) in [4.78, 5) is 8.25. The molecule has 0 saturated carbocycles. The minimum Gasteiger partial charge on any atom is -0.369 e. The van der Waals surface area contributed by atoms with Crippen LogP contribution in [0.4, 0.5) is 5.82 Å². The molecule has 3 nitrogen and oxygen atoms in total. The van der Waals surface area contributed by atoms with Gasteiger partial charge < -0.3 is 5.32 Å². The summed E-state index contributed by atoms with van der Waals surface area (Å²) in [5.74, 6) is 0.879. The summed E-state index contributed by atoms with van der Waals surface area (Å²) in [5.41, 5.74) is 1.04. The number of anilines is 1. The van der Waals surface area contributed by atoms with Crippen molar-refractivity contribution in [1.82, 2.24) is 9.97 Å². The van der Waals surface area contributed by atoms with E-state index in [4.69, 9.17) is 0 Å². The van der Waals surface area contributed by atoms with Crippen LogP contribution in [-0.2, 0) is 6.42 Å². The quantitative estimate of drug-likeness (QED) is 0.865. The molecule has 0 aliphatic rings. The molecule has 0 spiro atoms. The summed E-state index contributed by atoms with van der Waals surface area (Å²) in [6.07, 6.45) is 2.50. The first-order chi connectivity index (χ1) is 5.79. The van der Waals surface area contributed by atoms with Gasteiger partial charge in [0.2, 0.25) is 0 Å². The predicted molar refractivity (Wildman–Crippen MR) is 53.3 cm³/mol. The van der Waals surface area contributed by atoms with Gasteiger partial charge in [-0.25, -0.2) is 9.97 Å². The van der Waals surface area contributed by atoms with E-state index in [1.807, 2.05) is 6.92 Å². The van der Waals surface area contributed by atoms with Gasteiger partial charge in [0.25, 0.3) is 0 Å². The van der Waals surface area contributed by atoms with Crippen LogP contribution in [0.15, 0.2) is 10.8 Å². The number of aromatic nitrogens is 2. The van der Waals surface area contributed by atoms with Crippen molar-refractivity contribution in [2.45, 2.75) is 20.3 Å². The van der Waals surface area contributed by atoms with Gasteiger partial charge in [0, 0.05) is 6.54 Å². The molecule has 0 atom stereocenters. The summed E-state index contributed by atoms with van der Waals surface area (Å²) in [6, 6.07) is 0. The van der Waals surface area contributed by atoms with Crippen LogP contribution >= 0.6 is 15.9 Å². The van der Waals surface area contributed by atoms with Crippen molar-refractivity contribution >= 4 is 21.7 Å². The molecule has 4 heteroatoms. The van der Waals surface area contributed by atoms with Crippen molar-refractivity contribution in [3.63, 3.8) is 0 Å². The van der Waals surface area contributed by atoms with Crippen molar-refractivity contribution in [3.05, 3.63) is 16.5 Å². The molecule has 1 N–H and O–H groups in total. The second kappa shape index (κ2) is 4.40.